The summed E-state index contributed by atoms with van der Waals surface area (Å²) in [6.45, 7) is -0.298. The van der Waals surface area contributed by atoms with E-state index in [9.17, 15) is 39.1 Å². The minimum absolute atomic E-state index is 0.140. The van der Waals surface area contributed by atoms with Gasteiger partial charge in [-0.2, -0.15) is 0 Å². The molecule has 218 valence electrons. The second kappa shape index (κ2) is 12.6. The summed E-state index contributed by atoms with van der Waals surface area (Å²) in [5.74, 6) is -1.92. The number of hydrogen-bond acceptors (Lipinski definition) is 7. The molecule has 2 aliphatic rings. The first-order valence-electron chi connectivity index (χ1n) is 13.6. The number of halogens is 2. The zero-order valence-electron chi connectivity index (χ0n) is 22.1. The standard InChI is InChI=1S/C31H33F2NO6S/c32-20-5-1-17(2-6-20)25(36)14-13-24-27(34(31(24)40)22-9-7-21(33)8-10-22)18-3-11-23(12-4-18)41-26-15-19(16-35)28(37)30(39)29(26)38/h1-12,19,24-30,35-39H,13-16H2/t19-,24-,25+,26-,27-,28-,29+,30+/m1/s1. The average molecular weight is 586 g/mol. The van der Waals surface area contributed by atoms with Gasteiger partial charge in [0.05, 0.1) is 30.3 Å². The van der Waals surface area contributed by atoms with Gasteiger partial charge in [-0.05, 0) is 78.9 Å². The van der Waals surface area contributed by atoms with Gasteiger partial charge in [-0.1, -0.05) is 24.3 Å². The monoisotopic (exact) mass is 585 g/mol. The third-order valence-corrected chi connectivity index (χ3v) is 9.49. The Bertz CT molecular complexity index is 1320. The summed E-state index contributed by atoms with van der Waals surface area (Å²) in [5.41, 5.74) is 1.97. The number of nitrogens with zero attached hydrogens (tertiary/aromatic N) is 1. The highest BCUT2D eigenvalue weighted by Crippen LogP contribution is 2.47. The molecule has 0 bridgehead atoms. The third kappa shape index (κ3) is 6.18. The SMILES string of the molecule is O=C1[C@H](CC[C@H](O)c2ccc(F)cc2)[C@@H](c2ccc(S[C@@H]3C[C@H](CO)[C@@H](O)[C@H](O)[C@H]3O)cc2)N1c1ccc(F)cc1. The molecular formula is C31H33F2NO6S. The third-order valence-electron chi connectivity index (χ3n) is 8.17. The van der Waals surface area contributed by atoms with Crippen molar-refractivity contribution in [3.63, 3.8) is 0 Å². The molecule has 0 unspecified atom stereocenters. The second-order valence-corrected chi connectivity index (χ2v) is 12.1. The van der Waals surface area contributed by atoms with Crippen LogP contribution in [0.3, 0.4) is 0 Å². The molecule has 0 radical (unpaired) electrons. The van der Waals surface area contributed by atoms with Gasteiger partial charge in [-0.25, -0.2) is 8.78 Å². The summed E-state index contributed by atoms with van der Waals surface area (Å²) >= 11 is 1.34. The molecule has 8 atom stereocenters. The molecule has 3 aromatic rings. The van der Waals surface area contributed by atoms with E-state index in [1.54, 1.807) is 17.0 Å². The van der Waals surface area contributed by atoms with Crippen molar-refractivity contribution in [2.75, 3.05) is 11.5 Å². The predicted molar refractivity (Wildman–Crippen MR) is 150 cm³/mol. The maximum Gasteiger partial charge on any atom is 0.233 e. The smallest absolute Gasteiger partial charge is 0.233 e. The van der Waals surface area contributed by atoms with E-state index in [4.69, 9.17) is 0 Å². The lowest BCUT2D eigenvalue weighted by atomic mass is 9.78. The summed E-state index contributed by atoms with van der Waals surface area (Å²) in [4.78, 5) is 15.7. The number of thioether (sulfide) groups is 1. The quantitative estimate of drug-likeness (QED) is 0.243. The van der Waals surface area contributed by atoms with Crippen LogP contribution in [0, 0.1) is 23.5 Å². The Hall–Kier alpha value is -2.86. The molecule has 41 heavy (non-hydrogen) atoms. The summed E-state index contributed by atoms with van der Waals surface area (Å²) in [7, 11) is 0. The maximum absolute atomic E-state index is 13.6. The van der Waals surface area contributed by atoms with Crippen LogP contribution < -0.4 is 4.90 Å². The molecule has 0 aromatic heterocycles. The zero-order chi connectivity index (χ0) is 29.3. The number of hydrogen-bond donors (Lipinski definition) is 5. The first-order chi connectivity index (χ1) is 19.7. The van der Waals surface area contributed by atoms with Crippen molar-refractivity contribution in [3.05, 3.63) is 95.6 Å². The molecule has 1 aliphatic carbocycles. The van der Waals surface area contributed by atoms with E-state index in [1.165, 1.54) is 48.2 Å². The number of amides is 1. The molecule has 1 saturated carbocycles. The van der Waals surface area contributed by atoms with Gasteiger partial charge in [-0.3, -0.25) is 4.79 Å². The van der Waals surface area contributed by atoms with Crippen molar-refractivity contribution >= 4 is 23.4 Å². The molecule has 5 N–H and O–H groups in total. The lowest BCUT2D eigenvalue weighted by molar-refractivity contribution is -0.131. The first-order valence-corrected chi connectivity index (χ1v) is 14.5. The van der Waals surface area contributed by atoms with E-state index in [0.29, 0.717) is 30.5 Å². The Labute approximate surface area is 241 Å². The van der Waals surface area contributed by atoms with Crippen molar-refractivity contribution < 1.29 is 39.1 Å². The molecule has 5 rings (SSSR count). The number of carbonyl (C=O) groups excluding carboxylic acids is 1. The van der Waals surface area contributed by atoms with Crippen LogP contribution in [0.25, 0.3) is 0 Å². The molecule has 10 heteroatoms. The van der Waals surface area contributed by atoms with Crippen LogP contribution in [0.15, 0.2) is 77.7 Å². The first kappa shape index (κ1) is 29.6. The Morgan fingerprint density at radius 2 is 1.46 bits per heavy atom. The number of anilines is 1. The number of carbonyl (C=O) groups is 1. The van der Waals surface area contributed by atoms with E-state index in [-0.39, 0.29) is 18.6 Å². The lowest BCUT2D eigenvalue weighted by Crippen LogP contribution is -2.55. The molecule has 1 amide bonds. The van der Waals surface area contributed by atoms with E-state index in [2.05, 4.69) is 0 Å². The van der Waals surface area contributed by atoms with Gasteiger partial charge in [0.1, 0.15) is 17.7 Å². The lowest BCUT2D eigenvalue weighted by Gasteiger charge is -2.48. The van der Waals surface area contributed by atoms with Gasteiger partial charge in [0.25, 0.3) is 0 Å². The van der Waals surface area contributed by atoms with Crippen LogP contribution >= 0.6 is 11.8 Å². The van der Waals surface area contributed by atoms with Crippen LogP contribution in [0.4, 0.5) is 14.5 Å². The molecule has 0 spiro atoms. The molecule has 1 aliphatic heterocycles. The van der Waals surface area contributed by atoms with Gasteiger partial charge in [0.2, 0.25) is 5.91 Å². The van der Waals surface area contributed by atoms with E-state index >= 15 is 0 Å². The van der Waals surface area contributed by atoms with Crippen LogP contribution in [0.5, 0.6) is 0 Å². The minimum Gasteiger partial charge on any atom is -0.396 e. The van der Waals surface area contributed by atoms with Gasteiger partial charge < -0.3 is 30.4 Å². The number of rotatable bonds is 9. The average Bonchev–Trinajstić information content (AvgIpc) is 2.98. The fourth-order valence-corrected chi connectivity index (χ4v) is 7.07. The largest absolute Gasteiger partial charge is 0.396 e. The van der Waals surface area contributed by atoms with E-state index in [1.807, 2.05) is 24.3 Å². The Morgan fingerprint density at radius 3 is 2.07 bits per heavy atom. The van der Waals surface area contributed by atoms with Crippen molar-refractivity contribution in [1.29, 1.82) is 0 Å². The van der Waals surface area contributed by atoms with Gasteiger partial charge in [0, 0.05) is 28.4 Å². The molecule has 1 heterocycles. The summed E-state index contributed by atoms with van der Waals surface area (Å²) in [5, 5.41) is 50.6. The van der Waals surface area contributed by atoms with Crippen molar-refractivity contribution in [3.8, 4) is 0 Å². The van der Waals surface area contributed by atoms with E-state index in [0.717, 1.165) is 10.5 Å². The Kier molecular flexibility index (Phi) is 9.08. The van der Waals surface area contributed by atoms with Crippen molar-refractivity contribution in [2.45, 2.75) is 59.9 Å². The molecule has 1 saturated heterocycles. The fraction of sp³-hybridized carbons (Fsp3) is 0.387. The van der Waals surface area contributed by atoms with Crippen LogP contribution in [0.2, 0.25) is 0 Å². The van der Waals surface area contributed by atoms with Gasteiger partial charge >= 0.3 is 0 Å². The molecular weight excluding hydrogens is 552 g/mol. The van der Waals surface area contributed by atoms with E-state index < -0.39 is 53.1 Å². The van der Waals surface area contributed by atoms with Crippen LogP contribution in [-0.4, -0.2) is 61.6 Å². The zero-order valence-corrected chi connectivity index (χ0v) is 22.9. The maximum atomic E-state index is 13.6. The summed E-state index contributed by atoms with van der Waals surface area (Å²) in [6, 6.07) is 18.4. The number of β-lactam (4-membered cyclic amide) rings is 1. The number of benzene rings is 3. The highest BCUT2D eigenvalue weighted by atomic mass is 32.2. The minimum atomic E-state index is -1.35. The summed E-state index contributed by atoms with van der Waals surface area (Å²) < 4.78 is 26.9. The number of aliphatic hydroxyl groups excluding tert-OH is 5. The molecule has 3 aromatic carbocycles. The van der Waals surface area contributed by atoms with Crippen LogP contribution in [-0.2, 0) is 4.79 Å². The van der Waals surface area contributed by atoms with Crippen LogP contribution in [0.1, 0.15) is 42.5 Å². The molecule has 7 nitrogen and oxygen atoms in total. The van der Waals surface area contributed by atoms with Gasteiger partial charge in [-0.15, -0.1) is 11.8 Å². The predicted octanol–water partition coefficient (Wildman–Crippen LogP) is 3.74. The summed E-state index contributed by atoms with van der Waals surface area (Å²) in [6.07, 6.45) is -3.56. The van der Waals surface area contributed by atoms with Crippen molar-refractivity contribution in [2.24, 2.45) is 11.8 Å². The Morgan fingerprint density at radius 1 is 0.854 bits per heavy atom. The Balaban J connectivity index is 1.33. The highest BCUT2D eigenvalue weighted by Gasteiger charge is 2.48. The highest BCUT2D eigenvalue weighted by molar-refractivity contribution is 8.00. The second-order valence-electron chi connectivity index (χ2n) is 10.8. The van der Waals surface area contributed by atoms with Gasteiger partial charge in [0.15, 0.2) is 0 Å². The molecule has 2 fully saturated rings. The fourth-order valence-electron chi connectivity index (χ4n) is 5.79. The number of aliphatic hydroxyl groups is 5. The topological polar surface area (TPSA) is 121 Å². The van der Waals surface area contributed by atoms with Crippen molar-refractivity contribution in [1.82, 2.24) is 0 Å². The normalized spacial score (nSPS) is 28.8.